The summed E-state index contributed by atoms with van der Waals surface area (Å²) in [6, 6.07) is 4.92. The molecule has 1 fully saturated rings. The monoisotopic (exact) mass is 726 g/mol. The van der Waals surface area contributed by atoms with Gasteiger partial charge in [0, 0.05) is 70.4 Å². The van der Waals surface area contributed by atoms with Crippen molar-refractivity contribution in [1.29, 1.82) is 0 Å². The van der Waals surface area contributed by atoms with Crippen molar-refractivity contribution < 1.29 is 66.7 Å². The van der Waals surface area contributed by atoms with Gasteiger partial charge >= 0.3 is 23.9 Å². The molecule has 0 saturated carbocycles. The molecule has 2 unspecified atom stereocenters. The van der Waals surface area contributed by atoms with Gasteiger partial charge in [-0.2, -0.15) is 0 Å². The smallest absolute Gasteiger partial charge is 0.303 e. The van der Waals surface area contributed by atoms with Crippen LogP contribution in [0.5, 0.6) is 11.5 Å². The van der Waals surface area contributed by atoms with Crippen LogP contribution in [-0.4, -0.2) is 79.9 Å². The van der Waals surface area contributed by atoms with Crippen molar-refractivity contribution in [1.82, 2.24) is 0 Å². The molecule has 0 radical (unpaired) electrons. The predicted octanol–water partition coefficient (Wildman–Crippen LogP) is 4.56. The van der Waals surface area contributed by atoms with E-state index in [2.05, 4.69) is 0 Å². The highest BCUT2D eigenvalue weighted by Gasteiger charge is 2.54. The zero-order valence-corrected chi connectivity index (χ0v) is 30.9. The zero-order valence-electron chi connectivity index (χ0n) is 30.9. The van der Waals surface area contributed by atoms with Gasteiger partial charge in [0.25, 0.3) is 0 Å². The number of ether oxygens (including phenoxy) is 8. The number of hydrogen-bond donors (Lipinski definition) is 0. The second-order valence-electron chi connectivity index (χ2n) is 15.2. The highest BCUT2D eigenvalue weighted by molar-refractivity contribution is 6.06. The van der Waals surface area contributed by atoms with Gasteiger partial charge in [0.05, 0.1) is 7.11 Å². The average Bonchev–Trinajstić information content (AvgIpc) is 3.00. The summed E-state index contributed by atoms with van der Waals surface area (Å²) in [6.07, 6.45) is -5.36. The molecule has 1 aromatic rings. The molecule has 0 aromatic heterocycles. The van der Waals surface area contributed by atoms with Crippen molar-refractivity contribution >= 4 is 35.4 Å². The maximum atomic E-state index is 13.8. The fourth-order valence-corrected chi connectivity index (χ4v) is 7.38. The number of esters is 4. The lowest BCUT2D eigenvalue weighted by Crippen LogP contribution is -2.63. The first-order valence-electron chi connectivity index (χ1n) is 17.1. The van der Waals surface area contributed by atoms with Crippen LogP contribution >= 0.6 is 0 Å². The molecular weight excluding hydrogens is 680 g/mol. The zero-order chi connectivity index (χ0) is 38.3. The summed E-state index contributed by atoms with van der Waals surface area (Å²) < 4.78 is 46.2. The summed E-state index contributed by atoms with van der Waals surface area (Å²) in [6.45, 7) is 12.2. The van der Waals surface area contributed by atoms with Crippen molar-refractivity contribution in [2.45, 2.75) is 118 Å². The Morgan fingerprint density at radius 1 is 0.712 bits per heavy atom. The fourth-order valence-electron chi connectivity index (χ4n) is 7.38. The van der Waals surface area contributed by atoms with E-state index >= 15 is 0 Å². The molecule has 52 heavy (non-hydrogen) atoms. The van der Waals surface area contributed by atoms with Gasteiger partial charge in [-0.25, -0.2) is 0 Å². The number of carbonyl (C=O) groups is 6. The Kier molecular flexibility index (Phi) is 10.9. The molecule has 2 aliphatic carbocycles. The summed E-state index contributed by atoms with van der Waals surface area (Å²) in [5, 5.41) is 0. The van der Waals surface area contributed by atoms with E-state index in [0.717, 1.165) is 20.8 Å². The number of allylic oxidation sites excluding steroid dienone is 4. The van der Waals surface area contributed by atoms with Crippen LogP contribution in [-0.2, 0) is 57.2 Å². The topological polar surface area (TPSA) is 176 Å². The van der Waals surface area contributed by atoms with Crippen LogP contribution in [0.4, 0.5) is 0 Å². The highest BCUT2D eigenvalue weighted by Crippen LogP contribution is 2.54. The van der Waals surface area contributed by atoms with Crippen LogP contribution in [0, 0.1) is 10.8 Å². The molecule has 1 saturated heterocycles. The molecule has 1 aromatic carbocycles. The maximum absolute atomic E-state index is 13.8. The van der Waals surface area contributed by atoms with Crippen LogP contribution in [0.15, 0.2) is 40.9 Å². The van der Waals surface area contributed by atoms with Crippen LogP contribution < -0.4 is 9.47 Å². The minimum atomic E-state index is -1.50. The Balaban J connectivity index is 1.57. The molecule has 14 nitrogen and oxygen atoms in total. The molecule has 4 aliphatic rings. The Bertz CT molecular complexity index is 1680. The minimum absolute atomic E-state index is 0.0924. The summed E-state index contributed by atoms with van der Waals surface area (Å²) in [5.41, 5.74) is 0.830. The van der Waals surface area contributed by atoms with Gasteiger partial charge in [-0.15, -0.1) is 0 Å². The third-order valence-electron chi connectivity index (χ3n) is 9.29. The normalized spacial score (nSPS) is 26.7. The maximum Gasteiger partial charge on any atom is 0.303 e. The number of benzene rings is 1. The van der Waals surface area contributed by atoms with Crippen molar-refractivity contribution in [2.24, 2.45) is 10.8 Å². The van der Waals surface area contributed by atoms with Gasteiger partial charge < -0.3 is 37.9 Å². The summed E-state index contributed by atoms with van der Waals surface area (Å²) in [5.74, 6) is -2.50. The van der Waals surface area contributed by atoms with E-state index in [0.29, 0.717) is 41.1 Å². The number of Topliss-reactive ketones (excluding diaryl/α,β-unsaturated/α-hetero) is 2. The van der Waals surface area contributed by atoms with Crippen LogP contribution in [0.25, 0.3) is 0 Å². The van der Waals surface area contributed by atoms with Crippen molar-refractivity contribution in [3.8, 4) is 11.5 Å². The minimum Gasteiger partial charge on any atom is -0.493 e. The summed E-state index contributed by atoms with van der Waals surface area (Å²) >= 11 is 0. The Labute approximate surface area is 302 Å². The number of hydrogen-bond acceptors (Lipinski definition) is 14. The van der Waals surface area contributed by atoms with E-state index in [1.165, 1.54) is 14.0 Å². The molecule has 5 rings (SSSR count). The van der Waals surface area contributed by atoms with Crippen LogP contribution in [0.1, 0.15) is 92.6 Å². The molecule has 0 amide bonds. The van der Waals surface area contributed by atoms with E-state index < -0.39 is 67.1 Å². The predicted molar refractivity (Wildman–Crippen MR) is 179 cm³/mol. The number of carbonyl (C=O) groups excluding carboxylic acids is 6. The molecule has 5 atom stereocenters. The van der Waals surface area contributed by atoms with E-state index in [1.54, 1.807) is 18.2 Å². The number of methoxy groups -OCH3 is 1. The second kappa shape index (κ2) is 14.7. The van der Waals surface area contributed by atoms with E-state index in [-0.39, 0.29) is 46.7 Å². The third-order valence-corrected chi connectivity index (χ3v) is 9.29. The van der Waals surface area contributed by atoms with Gasteiger partial charge in [0.2, 0.25) is 12.4 Å². The van der Waals surface area contributed by atoms with Crippen molar-refractivity contribution in [2.75, 3.05) is 13.7 Å². The lowest BCUT2D eigenvalue weighted by molar-refractivity contribution is -0.288. The SMILES string of the molecule is COc1cc(C2C3=C(CC(C)(C)CC3=O)OC3=C2C(=O)CC(C)(C)C3)ccc1OC1OC(COC(C)=O)[C@@H](OC(C)=O)[C@H](OC(C)=O)[C@@H]1OC(C)=O. The lowest BCUT2D eigenvalue weighted by Gasteiger charge is -2.44. The molecule has 0 bridgehead atoms. The van der Waals surface area contributed by atoms with Crippen LogP contribution in [0.2, 0.25) is 0 Å². The molecule has 2 heterocycles. The molecule has 14 heteroatoms. The van der Waals surface area contributed by atoms with Gasteiger partial charge in [-0.1, -0.05) is 33.8 Å². The van der Waals surface area contributed by atoms with Crippen molar-refractivity contribution in [3.05, 3.63) is 46.4 Å². The van der Waals surface area contributed by atoms with E-state index in [1.807, 2.05) is 27.7 Å². The van der Waals surface area contributed by atoms with Crippen molar-refractivity contribution in [3.63, 3.8) is 0 Å². The Morgan fingerprint density at radius 3 is 1.73 bits per heavy atom. The first kappa shape index (κ1) is 38.5. The third kappa shape index (κ3) is 8.32. The first-order valence-corrected chi connectivity index (χ1v) is 17.1. The average molecular weight is 727 g/mol. The Morgan fingerprint density at radius 2 is 1.23 bits per heavy atom. The quantitative estimate of drug-likeness (QED) is 0.256. The van der Waals surface area contributed by atoms with E-state index in [4.69, 9.17) is 37.9 Å². The standard InChI is InChI=1S/C38H46O14/c1-18(39)46-17-29-33(47-19(2)40)34(48-20(3)41)35(49-21(4)42)36(52-29)51-25-11-10-22(12-26(25)45-9)30-31-23(43)13-37(5,6)15-27(31)50-28-16-38(7,8)14-24(44)32(28)30/h10-12,29-30,33-36H,13-17H2,1-9H3/t29?,33-,34+,35+,36?/m1/s1. The van der Waals surface area contributed by atoms with Gasteiger partial charge in [0.1, 0.15) is 24.2 Å². The second-order valence-corrected chi connectivity index (χ2v) is 15.2. The van der Waals surface area contributed by atoms with Gasteiger partial charge in [-0.05, 0) is 28.5 Å². The molecule has 0 N–H and O–H groups in total. The molecule has 0 spiro atoms. The van der Waals surface area contributed by atoms with Gasteiger partial charge in [0.15, 0.2) is 35.3 Å². The molecule has 282 valence electrons. The number of ketones is 2. The summed E-state index contributed by atoms with van der Waals surface area (Å²) in [7, 11) is 1.40. The molecule has 2 aliphatic heterocycles. The number of rotatable bonds is 9. The lowest BCUT2D eigenvalue weighted by atomic mass is 9.65. The van der Waals surface area contributed by atoms with Gasteiger partial charge in [-0.3, -0.25) is 28.8 Å². The largest absolute Gasteiger partial charge is 0.493 e. The fraction of sp³-hybridized carbons (Fsp3) is 0.579. The summed E-state index contributed by atoms with van der Waals surface area (Å²) in [4.78, 5) is 76.0. The van der Waals surface area contributed by atoms with Crippen LogP contribution in [0.3, 0.4) is 0 Å². The van der Waals surface area contributed by atoms with E-state index in [9.17, 15) is 28.8 Å². The first-order chi connectivity index (χ1) is 24.3. The molecular formula is C38H46O14. The highest BCUT2D eigenvalue weighted by atomic mass is 16.7. The Hall–Kier alpha value is -4.72.